The average Bonchev–Trinajstić information content (AvgIpc) is 2.99. The third-order valence-electron chi connectivity index (χ3n) is 6.93. The van der Waals surface area contributed by atoms with Crippen molar-refractivity contribution in [2.24, 2.45) is 0 Å². The summed E-state index contributed by atoms with van der Waals surface area (Å²) < 4.78 is 6.57. The number of hydrogen-bond donors (Lipinski definition) is 3. The van der Waals surface area contributed by atoms with Crippen LogP contribution in [0.1, 0.15) is 24.1 Å². The molecule has 1 atom stereocenters. The molecule has 8 nitrogen and oxygen atoms in total. The van der Waals surface area contributed by atoms with E-state index in [9.17, 15) is 0 Å². The zero-order valence-corrected chi connectivity index (χ0v) is 21.9. The summed E-state index contributed by atoms with van der Waals surface area (Å²) in [5, 5.41) is 12.5. The molecule has 0 amide bonds. The van der Waals surface area contributed by atoms with Gasteiger partial charge in [-0.2, -0.15) is 0 Å². The van der Waals surface area contributed by atoms with Gasteiger partial charge in [-0.05, 0) is 68.3 Å². The van der Waals surface area contributed by atoms with E-state index >= 15 is 0 Å². The summed E-state index contributed by atoms with van der Waals surface area (Å²) in [4.78, 5) is 18.3. The maximum Gasteiger partial charge on any atom is 0.228 e. The molecular weight excluding hydrogens is 486 g/mol. The average molecular weight is 518 g/mol. The van der Waals surface area contributed by atoms with Crippen molar-refractivity contribution in [1.82, 2.24) is 25.3 Å². The van der Waals surface area contributed by atoms with Crippen molar-refractivity contribution in [2.75, 3.05) is 23.7 Å². The molecule has 0 aliphatic carbocycles. The standard InChI is InChI=1S/C31H31N7O/c1-21-12-13-24-25(9-4-11-27(24)36-20-22-7-2-3-16-33-22)29(21)39-30-26(10-6-17-34-30)28-14-18-35-31(38-28)37-23-8-5-15-32-19-23/h2-4,6-7,9-14,16-18,23,32,36H,5,8,15,19-20H2,1H3,(H,35,37,38)/t23-/m0/s1. The van der Waals surface area contributed by atoms with Crippen LogP contribution in [0.2, 0.25) is 0 Å². The van der Waals surface area contributed by atoms with Gasteiger partial charge in [0.05, 0.1) is 23.5 Å². The Kier molecular flexibility index (Phi) is 7.27. The van der Waals surface area contributed by atoms with Gasteiger partial charge in [-0.25, -0.2) is 15.0 Å². The molecule has 196 valence electrons. The summed E-state index contributed by atoms with van der Waals surface area (Å²) in [7, 11) is 0. The number of piperidine rings is 1. The van der Waals surface area contributed by atoms with E-state index in [2.05, 4.69) is 62.1 Å². The second-order valence-electron chi connectivity index (χ2n) is 9.70. The van der Waals surface area contributed by atoms with Crippen LogP contribution < -0.4 is 20.7 Å². The van der Waals surface area contributed by atoms with E-state index in [0.717, 1.165) is 70.7 Å². The lowest BCUT2D eigenvalue weighted by Crippen LogP contribution is -2.38. The quantitative estimate of drug-likeness (QED) is 0.232. The van der Waals surface area contributed by atoms with Gasteiger partial charge in [0.2, 0.25) is 11.8 Å². The lowest BCUT2D eigenvalue weighted by atomic mass is 10.0. The highest BCUT2D eigenvalue weighted by Crippen LogP contribution is 2.38. The molecule has 0 spiro atoms. The first-order chi connectivity index (χ1) is 19.2. The minimum absolute atomic E-state index is 0.317. The smallest absolute Gasteiger partial charge is 0.228 e. The predicted molar refractivity (Wildman–Crippen MR) is 155 cm³/mol. The Morgan fingerprint density at radius 2 is 1.85 bits per heavy atom. The van der Waals surface area contributed by atoms with E-state index in [1.54, 1.807) is 12.4 Å². The van der Waals surface area contributed by atoms with Gasteiger partial charge >= 0.3 is 0 Å². The van der Waals surface area contributed by atoms with Gasteiger partial charge in [0.1, 0.15) is 5.75 Å². The number of benzene rings is 2. The number of anilines is 2. The number of ether oxygens (including phenoxy) is 1. The molecule has 1 aliphatic rings. The third kappa shape index (κ3) is 5.66. The van der Waals surface area contributed by atoms with Crippen molar-refractivity contribution in [3.63, 3.8) is 0 Å². The van der Waals surface area contributed by atoms with Crippen molar-refractivity contribution < 1.29 is 4.74 Å². The van der Waals surface area contributed by atoms with Crippen LogP contribution in [0.25, 0.3) is 22.0 Å². The Hall–Kier alpha value is -4.56. The van der Waals surface area contributed by atoms with Crippen LogP contribution in [0.4, 0.5) is 11.6 Å². The second-order valence-corrected chi connectivity index (χ2v) is 9.70. The summed E-state index contributed by atoms with van der Waals surface area (Å²) in [6, 6.07) is 22.4. The molecule has 6 rings (SSSR count). The molecule has 5 aromatic rings. The summed E-state index contributed by atoms with van der Waals surface area (Å²) in [5.41, 5.74) is 4.60. The Morgan fingerprint density at radius 1 is 0.897 bits per heavy atom. The minimum Gasteiger partial charge on any atom is -0.437 e. The van der Waals surface area contributed by atoms with Crippen molar-refractivity contribution in [3.05, 3.63) is 96.6 Å². The van der Waals surface area contributed by atoms with Gasteiger partial charge in [0, 0.05) is 47.6 Å². The van der Waals surface area contributed by atoms with Crippen LogP contribution in [0.3, 0.4) is 0 Å². The van der Waals surface area contributed by atoms with Crippen LogP contribution in [0, 0.1) is 6.92 Å². The summed E-state index contributed by atoms with van der Waals surface area (Å²) in [6.07, 6.45) is 7.57. The second kappa shape index (κ2) is 11.4. The third-order valence-corrected chi connectivity index (χ3v) is 6.93. The Balaban J connectivity index is 1.30. The molecule has 0 unspecified atom stereocenters. The van der Waals surface area contributed by atoms with Crippen LogP contribution in [0.5, 0.6) is 11.6 Å². The van der Waals surface area contributed by atoms with Gasteiger partial charge in [-0.1, -0.05) is 30.3 Å². The number of nitrogens with zero attached hydrogens (tertiary/aromatic N) is 4. The summed E-state index contributed by atoms with van der Waals surface area (Å²) >= 11 is 0. The number of rotatable bonds is 8. The Bertz CT molecular complexity index is 1570. The number of pyridine rings is 2. The van der Waals surface area contributed by atoms with Crippen LogP contribution in [0.15, 0.2) is 85.3 Å². The highest BCUT2D eigenvalue weighted by Gasteiger charge is 2.17. The number of nitrogens with one attached hydrogen (secondary N) is 3. The minimum atomic E-state index is 0.317. The Labute approximate surface area is 227 Å². The fraction of sp³-hybridized carbons (Fsp3) is 0.226. The van der Waals surface area contributed by atoms with Gasteiger partial charge < -0.3 is 20.7 Å². The highest BCUT2D eigenvalue weighted by molar-refractivity contribution is 5.98. The number of aryl methyl sites for hydroxylation is 1. The molecule has 0 radical (unpaired) electrons. The maximum absolute atomic E-state index is 6.57. The molecular formula is C31H31N7O. The highest BCUT2D eigenvalue weighted by atomic mass is 16.5. The van der Waals surface area contributed by atoms with E-state index in [1.165, 1.54) is 0 Å². The summed E-state index contributed by atoms with van der Waals surface area (Å²) in [6.45, 7) is 4.66. The van der Waals surface area contributed by atoms with E-state index < -0.39 is 0 Å². The van der Waals surface area contributed by atoms with Crippen LogP contribution in [-0.4, -0.2) is 39.1 Å². The molecule has 8 heteroatoms. The van der Waals surface area contributed by atoms with Crippen molar-refractivity contribution >= 4 is 22.4 Å². The van der Waals surface area contributed by atoms with E-state index in [4.69, 9.17) is 9.72 Å². The van der Waals surface area contributed by atoms with Crippen molar-refractivity contribution in [2.45, 2.75) is 32.4 Å². The Morgan fingerprint density at radius 3 is 2.72 bits per heavy atom. The lowest BCUT2D eigenvalue weighted by Gasteiger charge is -2.23. The molecule has 0 bridgehead atoms. The largest absolute Gasteiger partial charge is 0.437 e. The van der Waals surface area contributed by atoms with E-state index in [0.29, 0.717) is 24.4 Å². The summed E-state index contributed by atoms with van der Waals surface area (Å²) in [5.74, 6) is 1.89. The number of hydrogen-bond acceptors (Lipinski definition) is 8. The first-order valence-corrected chi connectivity index (χ1v) is 13.3. The molecule has 1 aliphatic heterocycles. The maximum atomic E-state index is 6.57. The fourth-order valence-electron chi connectivity index (χ4n) is 4.92. The molecule has 1 fully saturated rings. The zero-order valence-electron chi connectivity index (χ0n) is 21.9. The fourth-order valence-corrected chi connectivity index (χ4v) is 4.92. The van der Waals surface area contributed by atoms with Crippen LogP contribution in [-0.2, 0) is 6.54 Å². The number of fused-ring (bicyclic) bond motifs is 1. The van der Waals surface area contributed by atoms with E-state index in [-0.39, 0.29) is 0 Å². The number of aromatic nitrogens is 4. The molecule has 2 aromatic carbocycles. The topological polar surface area (TPSA) is 96.9 Å². The monoisotopic (exact) mass is 517 g/mol. The SMILES string of the molecule is Cc1ccc2c(NCc3ccccn3)cccc2c1Oc1ncccc1-c1ccnc(N[C@H]2CCCNC2)n1. The van der Waals surface area contributed by atoms with Crippen molar-refractivity contribution in [1.29, 1.82) is 0 Å². The first kappa shape index (κ1) is 24.8. The first-order valence-electron chi connectivity index (χ1n) is 13.3. The predicted octanol–water partition coefficient (Wildman–Crippen LogP) is 5.96. The molecule has 4 heterocycles. The van der Waals surface area contributed by atoms with Gasteiger partial charge in [0.25, 0.3) is 0 Å². The normalized spacial score (nSPS) is 15.2. The molecule has 3 N–H and O–H groups in total. The molecule has 3 aromatic heterocycles. The van der Waals surface area contributed by atoms with Crippen LogP contribution >= 0.6 is 0 Å². The van der Waals surface area contributed by atoms with Gasteiger partial charge in [0.15, 0.2) is 0 Å². The van der Waals surface area contributed by atoms with Gasteiger partial charge in [-0.3, -0.25) is 4.98 Å². The molecule has 39 heavy (non-hydrogen) atoms. The zero-order chi connectivity index (χ0) is 26.4. The molecule has 1 saturated heterocycles. The molecule has 0 saturated carbocycles. The van der Waals surface area contributed by atoms with Crippen molar-refractivity contribution in [3.8, 4) is 22.9 Å². The van der Waals surface area contributed by atoms with E-state index in [1.807, 2.05) is 48.7 Å². The lowest BCUT2D eigenvalue weighted by molar-refractivity contribution is 0.466. The van der Waals surface area contributed by atoms with Gasteiger partial charge in [-0.15, -0.1) is 0 Å².